The van der Waals surface area contributed by atoms with Gasteiger partial charge in [0.25, 0.3) is 5.91 Å². The van der Waals surface area contributed by atoms with Crippen LogP contribution in [0, 0.1) is 0 Å². The summed E-state index contributed by atoms with van der Waals surface area (Å²) in [6.07, 6.45) is 8.45. The minimum Gasteiger partial charge on any atom is -0.349 e. The van der Waals surface area contributed by atoms with Crippen molar-refractivity contribution in [1.82, 2.24) is 14.7 Å². The number of nitrogens with zero attached hydrogens (tertiary/aromatic N) is 2. The van der Waals surface area contributed by atoms with Crippen molar-refractivity contribution in [2.75, 3.05) is 0 Å². The second-order valence-corrected chi connectivity index (χ2v) is 6.13. The Balaban J connectivity index is 1.61. The zero-order valence-corrected chi connectivity index (χ0v) is 12.9. The van der Waals surface area contributed by atoms with Crippen LogP contribution in [0.5, 0.6) is 0 Å². The molecular formula is C19H19N3O. The second kappa shape index (κ2) is 5.88. The first-order valence-corrected chi connectivity index (χ1v) is 8.15. The summed E-state index contributed by atoms with van der Waals surface area (Å²) in [5.41, 5.74) is 3.52. The fourth-order valence-corrected chi connectivity index (χ4v) is 3.21. The van der Waals surface area contributed by atoms with Crippen LogP contribution in [-0.4, -0.2) is 21.3 Å². The highest BCUT2D eigenvalue weighted by Gasteiger charge is 2.18. The van der Waals surface area contributed by atoms with Crippen LogP contribution in [0.25, 0.3) is 16.9 Å². The zero-order chi connectivity index (χ0) is 15.6. The van der Waals surface area contributed by atoms with Gasteiger partial charge in [-0.25, -0.2) is 4.98 Å². The van der Waals surface area contributed by atoms with Gasteiger partial charge >= 0.3 is 0 Å². The molecule has 0 unspecified atom stereocenters. The Bertz CT molecular complexity index is 832. The molecule has 0 bridgehead atoms. The van der Waals surface area contributed by atoms with Crippen molar-refractivity contribution in [3.05, 3.63) is 60.4 Å². The number of benzene rings is 1. The lowest BCUT2D eigenvalue weighted by atomic mass is 10.2. The quantitative estimate of drug-likeness (QED) is 0.802. The number of fused-ring (bicyclic) bond motifs is 1. The maximum atomic E-state index is 12.4. The number of amides is 1. The number of rotatable bonds is 3. The Morgan fingerprint density at radius 3 is 2.61 bits per heavy atom. The van der Waals surface area contributed by atoms with Gasteiger partial charge in [0.15, 0.2) is 0 Å². The SMILES string of the molecule is O=C(NC1CCCC1)c1ccc2nc(-c3ccccc3)cn2c1. The minimum absolute atomic E-state index is 0.00811. The van der Waals surface area contributed by atoms with E-state index in [9.17, 15) is 4.79 Å². The average molecular weight is 305 g/mol. The summed E-state index contributed by atoms with van der Waals surface area (Å²) in [5.74, 6) is 0.00811. The van der Waals surface area contributed by atoms with E-state index in [1.807, 2.05) is 59.3 Å². The molecule has 0 spiro atoms. The molecule has 1 amide bonds. The molecule has 0 aliphatic heterocycles. The topological polar surface area (TPSA) is 46.4 Å². The molecule has 1 aromatic carbocycles. The van der Waals surface area contributed by atoms with Gasteiger partial charge < -0.3 is 9.72 Å². The maximum absolute atomic E-state index is 12.4. The highest BCUT2D eigenvalue weighted by Crippen LogP contribution is 2.20. The molecule has 1 aliphatic rings. The third kappa shape index (κ3) is 2.84. The van der Waals surface area contributed by atoms with Crippen LogP contribution < -0.4 is 5.32 Å². The number of aromatic nitrogens is 2. The van der Waals surface area contributed by atoms with Gasteiger partial charge in [0.2, 0.25) is 0 Å². The van der Waals surface area contributed by atoms with Gasteiger partial charge in [-0.1, -0.05) is 43.2 Å². The third-order valence-corrected chi connectivity index (χ3v) is 4.47. The lowest BCUT2D eigenvalue weighted by Crippen LogP contribution is -2.32. The zero-order valence-electron chi connectivity index (χ0n) is 12.9. The Morgan fingerprint density at radius 1 is 1.04 bits per heavy atom. The van der Waals surface area contributed by atoms with Gasteiger partial charge in [-0.3, -0.25) is 4.79 Å². The van der Waals surface area contributed by atoms with Crippen molar-refractivity contribution >= 4 is 11.6 Å². The molecule has 23 heavy (non-hydrogen) atoms. The fourth-order valence-electron chi connectivity index (χ4n) is 3.21. The monoisotopic (exact) mass is 305 g/mol. The highest BCUT2D eigenvalue weighted by atomic mass is 16.1. The Morgan fingerprint density at radius 2 is 1.83 bits per heavy atom. The fraction of sp³-hybridized carbons (Fsp3) is 0.263. The molecule has 3 aromatic rings. The van der Waals surface area contributed by atoms with E-state index in [4.69, 9.17) is 0 Å². The number of pyridine rings is 1. The molecule has 116 valence electrons. The summed E-state index contributed by atoms with van der Waals surface area (Å²) in [5, 5.41) is 3.13. The van der Waals surface area contributed by atoms with Crippen molar-refractivity contribution in [3.63, 3.8) is 0 Å². The molecule has 0 saturated heterocycles. The van der Waals surface area contributed by atoms with Crippen LogP contribution in [-0.2, 0) is 0 Å². The van der Waals surface area contributed by atoms with E-state index < -0.39 is 0 Å². The minimum atomic E-state index is 0.00811. The van der Waals surface area contributed by atoms with Crippen LogP contribution >= 0.6 is 0 Å². The molecule has 4 rings (SSSR count). The molecule has 1 aliphatic carbocycles. The first kappa shape index (κ1) is 14.0. The highest BCUT2D eigenvalue weighted by molar-refractivity contribution is 5.94. The number of hydrogen-bond donors (Lipinski definition) is 1. The van der Waals surface area contributed by atoms with E-state index in [0.29, 0.717) is 11.6 Å². The number of nitrogens with one attached hydrogen (secondary N) is 1. The smallest absolute Gasteiger partial charge is 0.252 e. The molecule has 2 heterocycles. The first-order chi connectivity index (χ1) is 11.3. The van der Waals surface area contributed by atoms with Crippen molar-refractivity contribution in [3.8, 4) is 11.3 Å². The Labute approximate surface area is 135 Å². The molecule has 1 fully saturated rings. The van der Waals surface area contributed by atoms with Crippen LogP contribution in [0.1, 0.15) is 36.0 Å². The Hall–Kier alpha value is -2.62. The van der Waals surface area contributed by atoms with Gasteiger partial charge in [0, 0.05) is 24.0 Å². The van der Waals surface area contributed by atoms with Gasteiger partial charge in [-0.15, -0.1) is 0 Å². The molecule has 2 aromatic heterocycles. The van der Waals surface area contributed by atoms with Gasteiger partial charge in [0.05, 0.1) is 11.3 Å². The summed E-state index contributed by atoms with van der Waals surface area (Å²) >= 11 is 0. The standard InChI is InChI=1S/C19H19N3O/c23-19(20-16-8-4-5-9-16)15-10-11-18-21-17(13-22(18)12-15)14-6-2-1-3-7-14/h1-3,6-7,10-13,16H,4-5,8-9H2,(H,20,23). The third-order valence-electron chi connectivity index (χ3n) is 4.47. The number of carbonyl (C=O) groups is 1. The van der Waals surface area contributed by atoms with Crippen molar-refractivity contribution in [2.24, 2.45) is 0 Å². The number of hydrogen-bond acceptors (Lipinski definition) is 2. The van der Waals surface area contributed by atoms with E-state index in [1.165, 1.54) is 12.8 Å². The van der Waals surface area contributed by atoms with E-state index in [0.717, 1.165) is 29.7 Å². The van der Waals surface area contributed by atoms with Crippen molar-refractivity contribution < 1.29 is 4.79 Å². The predicted molar refractivity (Wildman–Crippen MR) is 90.4 cm³/mol. The van der Waals surface area contributed by atoms with Gasteiger partial charge in [-0.2, -0.15) is 0 Å². The number of carbonyl (C=O) groups excluding carboxylic acids is 1. The summed E-state index contributed by atoms with van der Waals surface area (Å²) in [7, 11) is 0. The lowest BCUT2D eigenvalue weighted by Gasteiger charge is -2.11. The van der Waals surface area contributed by atoms with Crippen LogP contribution in [0.15, 0.2) is 54.9 Å². The van der Waals surface area contributed by atoms with E-state index in [1.54, 1.807) is 0 Å². The van der Waals surface area contributed by atoms with Crippen LogP contribution in [0.2, 0.25) is 0 Å². The number of imidazole rings is 1. The molecular weight excluding hydrogens is 286 g/mol. The molecule has 0 atom stereocenters. The van der Waals surface area contributed by atoms with Crippen LogP contribution in [0.3, 0.4) is 0 Å². The molecule has 1 N–H and O–H groups in total. The second-order valence-electron chi connectivity index (χ2n) is 6.13. The molecule has 4 heteroatoms. The predicted octanol–water partition coefficient (Wildman–Crippen LogP) is 3.67. The average Bonchev–Trinajstić information content (AvgIpc) is 3.24. The summed E-state index contributed by atoms with van der Waals surface area (Å²) in [6.45, 7) is 0. The largest absolute Gasteiger partial charge is 0.349 e. The summed E-state index contributed by atoms with van der Waals surface area (Å²) in [6, 6.07) is 14.1. The van der Waals surface area contributed by atoms with E-state index >= 15 is 0 Å². The molecule has 1 saturated carbocycles. The summed E-state index contributed by atoms with van der Waals surface area (Å²) < 4.78 is 1.92. The van der Waals surface area contributed by atoms with Crippen molar-refractivity contribution in [1.29, 1.82) is 0 Å². The van der Waals surface area contributed by atoms with E-state index in [-0.39, 0.29) is 5.91 Å². The summed E-state index contributed by atoms with van der Waals surface area (Å²) in [4.78, 5) is 17.0. The molecule has 0 radical (unpaired) electrons. The van der Waals surface area contributed by atoms with Gasteiger partial charge in [-0.05, 0) is 25.0 Å². The Kier molecular flexibility index (Phi) is 3.58. The maximum Gasteiger partial charge on any atom is 0.252 e. The van der Waals surface area contributed by atoms with Crippen LogP contribution in [0.4, 0.5) is 0 Å². The van der Waals surface area contributed by atoms with E-state index in [2.05, 4.69) is 10.3 Å². The first-order valence-electron chi connectivity index (χ1n) is 8.15. The normalized spacial score (nSPS) is 15.1. The lowest BCUT2D eigenvalue weighted by molar-refractivity contribution is 0.0937. The van der Waals surface area contributed by atoms with Crippen molar-refractivity contribution in [2.45, 2.75) is 31.7 Å². The molecule has 4 nitrogen and oxygen atoms in total. The van der Waals surface area contributed by atoms with Gasteiger partial charge in [0.1, 0.15) is 5.65 Å².